The average molecular weight is 202 g/mol. The molecule has 0 rings (SSSR count). The lowest BCUT2D eigenvalue weighted by Crippen LogP contribution is -2.41. The highest BCUT2D eigenvalue weighted by Crippen LogP contribution is 2.02. The van der Waals surface area contributed by atoms with Crippen molar-refractivity contribution in [3.63, 3.8) is 0 Å². The maximum Gasteiger partial charge on any atom is 0.0443 e. The Balaban J connectivity index is 3.52. The third kappa shape index (κ3) is 6.35. The summed E-state index contributed by atoms with van der Waals surface area (Å²) < 4.78 is 0. The second-order valence-electron chi connectivity index (χ2n) is 4.25. The van der Waals surface area contributed by atoms with E-state index in [1.54, 1.807) is 0 Å². The Hall–Kier alpha value is -0.120. The van der Waals surface area contributed by atoms with Gasteiger partial charge in [-0.3, -0.25) is 4.90 Å². The van der Waals surface area contributed by atoms with Crippen molar-refractivity contribution in [3.05, 3.63) is 0 Å². The van der Waals surface area contributed by atoms with E-state index < -0.39 is 0 Å². The number of nitrogens with zero attached hydrogens (tertiary/aromatic N) is 1. The van der Waals surface area contributed by atoms with Gasteiger partial charge in [0.25, 0.3) is 0 Å². The lowest BCUT2D eigenvalue weighted by molar-refractivity contribution is 0.175. The first-order valence-electron chi connectivity index (χ1n) is 5.67. The number of hydrogen-bond donors (Lipinski definition) is 2. The highest BCUT2D eigenvalue weighted by atomic mass is 16.3. The number of nitrogens with one attached hydrogen (secondary N) is 1. The molecule has 0 radical (unpaired) electrons. The van der Waals surface area contributed by atoms with Gasteiger partial charge in [0.05, 0.1) is 0 Å². The van der Waals surface area contributed by atoms with E-state index in [0.29, 0.717) is 12.1 Å². The summed E-state index contributed by atoms with van der Waals surface area (Å²) >= 11 is 0. The average Bonchev–Trinajstić information content (AvgIpc) is 2.09. The minimum Gasteiger partial charge on any atom is -0.396 e. The molecule has 0 aliphatic rings. The first-order valence-corrected chi connectivity index (χ1v) is 5.67. The Morgan fingerprint density at radius 2 is 1.64 bits per heavy atom. The van der Waals surface area contributed by atoms with Gasteiger partial charge >= 0.3 is 0 Å². The summed E-state index contributed by atoms with van der Waals surface area (Å²) in [5, 5.41) is 11.9. The standard InChI is InChI=1S/C11H26N2O/c1-10(2)13(11(3)4)8-7-12-6-5-9-14/h10-12,14H,5-9H2,1-4H3. The molecule has 0 atom stereocenters. The van der Waals surface area contributed by atoms with Crippen molar-refractivity contribution in [2.24, 2.45) is 0 Å². The number of hydrogen-bond acceptors (Lipinski definition) is 3. The van der Waals surface area contributed by atoms with Crippen LogP contribution in [0.1, 0.15) is 34.1 Å². The van der Waals surface area contributed by atoms with Crippen LogP contribution in [0.15, 0.2) is 0 Å². The van der Waals surface area contributed by atoms with Gasteiger partial charge in [-0.1, -0.05) is 0 Å². The van der Waals surface area contributed by atoms with Gasteiger partial charge in [-0.15, -0.1) is 0 Å². The van der Waals surface area contributed by atoms with Crippen molar-refractivity contribution in [3.8, 4) is 0 Å². The number of aliphatic hydroxyl groups excluding tert-OH is 1. The molecule has 0 aliphatic carbocycles. The van der Waals surface area contributed by atoms with E-state index in [0.717, 1.165) is 26.1 Å². The van der Waals surface area contributed by atoms with Crippen molar-refractivity contribution in [2.75, 3.05) is 26.2 Å². The molecule has 2 N–H and O–H groups in total. The molecule has 0 saturated carbocycles. The van der Waals surface area contributed by atoms with Crippen LogP contribution >= 0.6 is 0 Å². The molecule has 0 aromatic heterocycles. The lowest BCUT2D eigenvalue weighted by Gasteiger charge is -2.30. The minimum absolute atomic E-state index is 0.283. The Kier molecular flexibility index (Phi) is 8.14. The Morgan fingerprint density at radius 1 is 1.07 bits per heavy atom. The molecule has 0 saturated heterocycles. The van der Waals surface area contributed by atoms with Crippen molar-refractivity contribution in [1.82, 2.24) is 10.2 Å². The van der Waals surface area contributed by atoms with E-state index >= 15 is 0 Å². The molecule has 0 fully saturated rings. The van der Waals surface area contributed by atoms with Crippen LogP contribution in [-0.2, 0) is 0 Å². The zero-order chi connectivity index (χ0) is 11.0. The molecule has 0 spiro atoms. The largest absolute Gasteiger partial charge is 0.396 e. The summed E-state index contributed by atoms with van der Waals surface area (Å²) in [7, 11) is 0. The van der Waals surface area contributed by atoms with Crippen molar-refractivity contribution in [2.45, 2.75) is 46.2 Å². The first kappa shape index (κ1) is 13.9. The van der Waals surface area contributed by atoms with Crippen molar-refractivity contribution >= 4 is 0 Å². The summed E-state index contributed by atoms with van der Waals surface area (Å²) in [6.07, 6.45) is 0.851. The van der Waals surface area contributed by atoms with E-state index in [9.17, 15) is 0 Å². The van der Waals surface area contributed by atoms with E-state index in [4.69, 9.17) is 5.11 Å². The molecular weight excluding hydrogens is 176 g/mol. The van der Waals surface area contributed by atoms with Gasteiger partial charge in [0.2, 0.25) is 0 Å². The fourth-order valence-electron chi connectivity index (χ4n) is 1.65. The molecule has 0 aromatic rings. The Bertz CT molecular complexity index is 118. The van der Waals surface area contributed by atoms with Crippen LogP contribution in [0.25, 0.3) is 0 Å². The second kappa shape index (κ2) is 8.21. The van der Waals surface area contributed by atoms with Crippen LogP contribution < -0.4 is 5.32 Å². The maximum atomic E-state index is 8.60. The van der Waals surface area contributed by atoms with Gasteiger partial charge in [0.15, 0.2) is 0 Å². The molecule has 0 aromatic carbocycles. The summed E-state index contributed by atoms with van der Waals surface area (Å²) in [5.41, 5.74) is 0. The summed E-state index contributed by atoms with van der Waals surface area (Å²) in [6.45, 7) is 12.2. The Morgan fingerprint density at radius 3 is 2.07 bits per heavy atom. The van der Waals surface area contributed by atoms with Gasteiger partial charge < -0.3 is 10.4 Å². The minimum atomic E-state index is 0.283. The van der Waals surface area contributed by atoms with Gasteiger partial charge in [0, 0.05) is 31.8 Å². The monoisotopic (exact) mass is 202 g/mol. The van der Waals surface area contributed by atoms with Gasteiger partial charge in [0.1, 0.15) is 0 Å². The fraction of sp³-hybridized carbons (Fsp3) is 1.00. The zero-order valence-corrected chi connectivity index (χ0v) is 10.1. The van der Waals surface area contributed by atoms with Crippen LogP contribution in [0.5, 0.6) is 0 Å². The summed E-state index contributed by atoms with van der Waals surface area (Å²) in [6, 6.07) is 1.21. The molecule has 14 heavy (non-hydrogen) atoms. The maximum absolute atomic E-state index is 8.60. The van der Waals surface area contributed by atoms with Crippen molar-refractivity contribution in [1.29, 1.82) is 0 Å². The molecule has 86 valence electrons. The highest BCUT2D eigenvalue weighted by Gasteiger charge is 2.11. The quantitative estimate of drug-likeness (QED) is 0.578. The smallest absolute Gasteiger partial charge is 0.0443 e. The highest BCUT2D eigenvalue weighted by molar-refractivity contribution is 4.68. The van der Waals surface area contributed by atoms with Crippen LogP contribution in [0, 0.1) is 0 Å². The van der Waals surface area contributed by atoms with E-state index in [2.05, 4.69) is 37.9 Å². The molecule has 0 unspecified atom stereocenters. The first-order chi connectivity index (χ1) is 6.59. The fourth-order valence-corrected chi connectivity index (χ4v) is 1.65. The SMILES string of the molecule is CC(C)N(CCNCCCO)C(C)C. The van der Waals surface area contributed by atoms with Crippen LogP contribution in [0.3, 0.4) is 0 Å². The van der Waals surface area contributed by atoms with E-state index in [-0.39, 0.29) is 6.61 Å². The predicted molar refractivity (Wildman–Crippen MR) is 61.6 cm³/mol. The lowest BCUT2D eigenvalue weighted by atomic mass is 10.2. The summed E-state index contributed by atoms with van der Waals surface area (Å²) in [5.74, 6) is 0. The zero-order valence-electron chi connectivity index (χ0n) is 10.1. The summed E-state index contributed by atoms with van der Waals surface area (Å²) in [4.78, 5) is 2.46. The van der Waals surface area contributed by atoms with Gasteiger partial charge in [-0.05, 0) is 40.7 Å². The van der Waals surface area contributed by atoms with Crippen LogP contribution in [-0.4, -0.2) is 48.3 Å². The van der Waals surface area contributed by atoms with Crippen molar-refractivity contribution < 1.29 is 5.11 Å². The van der Waals surface area contributed by atoms with Gasteiger partial charge in [-0.2, -0.15) is 0 Å². The topological polar surface area (TPSA) is 35.5 Å². The second-order valence-corrected chi connectivity index (χ2v) is 4.25. The van der Waals surface area contributed by atoms with Crippen LogP contribution in [0.4, 0.5) is 0 Å². The molecule has 0 aliphatic heterocycles. The third-order valence-electron chi connectivity index (χ3n) is 2.39. The normalized spacial score (nSPS) is 12.0. The molecule has 0 bridgehead atoms. The molecule has 3 nitrogen and oxygen atoms in total. The Labute approximate surface area is 88.5 Å². The number of aliphatic hydroxyl groups is 1. The molecule has 3 heteroatoms. The van der Waals surface area contributed by atoms with Crippen LogP contribution in [0.2, 0.25) is 0 Å². The van der Waals surface area contributed by atoms with E-state index in [1.165, 1.54) is 0 Å². The van der Waals surface area contributed by atoms with Gasteiger partial charge in [-0.25, -0.2) is 0 Å². The molecular formula is C11H26N2O. The molecule has 0 amide bonds. The predicted octanol–water partition coefficient (Wildman–Crippen LogP) is 1.08. The number of rotatable bonds is 8. The van der Waals surface area contributed by atoms with E-state index in [1.807, 2.05) is 0 Å². The third-order valence-corrected chi connectivity index (χ3v) is 2.39. The molecule has 0 heterocycles.